The summed E-state index contributed by atoms with van der Waals surface area (Å²) < 4.78 is 0. The average Bonchev–Trinajstić information content (AvgIpc) is 2.24. The highest BCUT2D eigenvalue weighted by atomic mass is 16.1. The van der Waals surface area contributed by atoms with Crippen molar-refractivity contribution in [3.05, 3.63) is 18.4 Å². The third-order valence-corrected chi connectivity index (χ3v) is 2.17. The van der Waals surface area contributed by atoms with E-state index < -0.39 is 0 Å². The molecule has 16 heavy (non-hydrogen) atoms. The number of hydrogen-bond donors (Lipinski definition) is 1. The second kappa shape index (κ2) is 10.2. The van der Waals surface area contributed by atoms with Gasteiger partial charge in [0.1, 0.15) is 5.78 Å². The van der Waals surface area contributed by atoms with Gasteiger partial charge in [-0.1, -0.05) is 6.58 Å². The summed E-state index contributed by atoms with van der Waals surface area (Å²) in [6.45, 7) is 5.74. The molecule has 0 rings (SSSR count). The van der Waals surface area contributed by atoms with Gasteiger partial charge in [0.2, 0.25) is 5.91 Å². The van der Waals surface area contributed by atoms with Crippen LogP contribution in [-0.4, -0.2) is 18.2 Å². The molecule has 3 heteroatoms. The van der Waals surface area contributed by atoms with Gasteiger partial charge >= 0.3 is 0 Å². The summed E-state index contributed by atoms with van der Waals surface area (Å²) in [5.74, 6) is 0.266. The van der Waals surface area contributed by atoms with E-state index in [-0.39, 0.29) is 11.7 Å². The lowest BCUT2D eigenvalue weighted by atomic mass is 10.1. The highest BCUT2D eigenvalue weighted by Crippen LogP contribution is 2.00. The molecule has 0 saturated carbocycles. The topological polar surface area (TPSA) is 46.2 Å². The Morgan fingerprint density at radius 3 is 2.56 bits per heavy atom. The molecule has 0 radical (unpaired) electrons. The monoisotopic (exact) mass is 223 g/mol. The van der Waals surface area contributed by atoms with Crippen LogP contribution in [0.25, 0.3) is 0 Å². The summed E-state index contributed by atoms with van der Waals surface area (Å²) in [4.78, 5) is 21.9. The van der Waals surface area contributed by atoms with Crippen molar-refractivity contribution in [2.45, 2.75) is 45.4 Å². The van der Waals surface area contributed by atoms with Gasteiger partial charge in [-0.2, -0.15) is 0 Å². The fourth-order valence-corrected chi connectivity index (χ4v) is 1.28. The minimum absolute atomic E-state index is 0.0751. The molecule has 0 atom stereocenters. The molecule has 0 unspecified atom stereocenters. The molecule has 0 saturated heterocycles. The standard InChI is InChI=1S/C13H21NO2/c1-3-4-5-8-11-14-13(16)10-7-6-9-12(2)15/h4H,1,5-11H2,2H3,(H,14,16). The second-order valence-corrected chi connectivity index (χ2v) is 3.81. The number of hydrogen-bond acceptors (Lipinski definition) is 2. The van der Waals surface area contributed by atoms with E-state index in [2.05, 4.69) is 17.6 Å². The van der Waals surface area contributed by atoms with Crippen molar-refractivity contribution in [1.82, 2.24) is 5.32 Å². The Labute approximate surface area is 97.6 Å². The molecular weight excluding hydrogens is 202 g/mol. The molecule has 0 aliphatic heterocycles. The molecular formula is C13H21NO2. The lowest BCUT2D eigenvalue weighted by Crippen LogP contribution is -2.23. The first-order valence-electron chi connectivity index (χ1n) is 5.77. The van der Waals surface area contributed by atoms with E-state index in [4.69, 9.17) is 0 Å². The van der Waals surface area contributed by atoms with Gasteiger partial charge < -0.3 is 10.1 Å². The zero-order valence-electron chi connectivity index (χ0n) is 10.1. The number of allylic oxidation sites excluding steroid dienone is 1. The van der Waals surface area contributed by atoms with Crippen LogP contribution in [0.4, 0.5) is 0 Å². The first-order valence-corrected chi connectivity index (χ1v) is 5.77. The van der Waals surface area contributed by atoms with Crippen LogP contribution in [0.1, 0.15) is 45.4 Å². The molecule has 1 amide bonds. The predicted octanol–water partition coefficient (Wildman–Crippen LogP) is 2.37. The van der Waals surface area contributed by atoms with Gasteiger partial charge in [-0.05, 0) is 38.7 Å². The van der Waals surface area contributed by atoms with E-state index in [1.807, 2.05) is 6.08 Å². The van der Waals surface area contributed by atoms with Crippen LogP contribution in [-0.2, 0) is 9.59 Å². The summed E-state index contributed by atoms with van der Waals surface area (Å²) in [5, 5.41) is 2.84. The first-order chi connectivity index (χ1) is 7.66. The van der Waals surface area contributed by atoms with Gasteiger partial charge in [0.05, 0.1) is 0 Å². The van der Waals surface area contributed by atoms with Gasteiger partial charge in [0, 0.05) is 19.4 Å². The normalized spacial score (nSPS) is 9.31. The van der Waals surface area contributed by atoms with Crippen molar-refractivity contribution in [2.24, 2.45) is 0 Å². The maximum atomic E-state index is 11.3. The predicted molar refractivity (Wildman–Crippen MR) is 65.1 cm³/mol. The van der Waals surface area contributed by atoms with E-state index in [0.29, 0.717) is 19.4 Å². The maximum Gasteiger partial charge on any atom is 0.219 e. The third kappa shape index (κ3) is 10.7. The van der Waals surface area contributed by atoms with E-state index in [9.17, 15) is 9.59 Å². The van der Waals surface area contributed by atoms with Gasteiger partial charge in [0.25, 0.3) is 0 Å². The maximum absolute atomic E-state index is 11.3. The largest absolute Gasteiger partial charge is 0.356 e. The molecule has 90 valence electrons. The van der Waals surface area contributed by atoms with Crippen molar-refractivity contribution in [1.29, 1.82) is 0 Å². The fourth-order valence-electron chi connectivity index (χ4n) is 1.28. The van der Waals surface area contributed by atoms with Gasteiger partial charge in [-0.25, -0.2) is 0 Å². The van der Waals surface area contributed by atoms with Crippen molar-refractivity contribution < 1.29 is 9.59 Å². The van der Waals surface area contributed by atoms with Crippen LogP contribution in [0, 0.1) is 0 Å². The number of Topliss-reactive ketones (excluding diaryl/α,β-unsaturated/α-hetero) is 1. The molecule has 0 heterocycles. The zero-order valence-corrected chi connectivity index (χ0v) is 10.1. The minimum Gasteiger partial charge on any atom is -0.356 e. The number of carbonyl (C=O) groups excluding carboxylic acids is 2. The highest BCUT2D eigenvalue weighted by Gasteiger charge is 2.00. The summed E-state index contributed by atoms with van der Waals surface area (Å²) in [7, 11) is 0. The third-order valence-electron chi connectivity index (χ3n) is 2.17. The molecule has 0 aromatic heterocycles. The van der Waals surface area contributed by atoms with Crippen LogP contribution in [0.3, 0.4) is 0 Å². The lowest BCUT2D eigenvalue weighted by molar-refractivity contribution is -0.121. The van der Waals surface area contributed by atoms with E-state index in [1.165, 1.54) is 0 Å². The zero-order chi connectivity index (χ0) is 12.2. The molecule has 0 fully saturated rings. The van der Waals surface area contributed by atoms with Crippen LogP contribution < -0.4 is 5.32 Å². The minimum atomic E-state index is 0.0751. The van der Waals surface area contributed by atoms with Gasteiger partial charge in [0.15, 0.2) is 0 Å². The molecule has 3 nitrogen and oxygen atoms in total. The van der Waals surface area contributed by atoms with Crippen LogP contribution in [0.2, 0.25) is 0 Å². The Balaban J connectivity index is 3.31. The molecule has 0 aromatic rings. The number of unbranched alkanes of at least 4 members (excludes halogenated alkanes) is 2. The number of ketones is 1. The smallest absolute Gasteiger partial charge is 0.219 e. The van der Waals surface area contributed by atoms with Crippen molar-refractivity contribution in [3.8, 4) is 0 Å². The average molecular weight is 223 g/mol. The van der Waals surface area contributed by atoms with Crippen molar-refractivity contribution >= 4 is 11.7 Å². The molecule has 0 aliphatic rings. The molecule has 0 spiro atoms. The summed E-state index contributed by atoms with van der Waals surface area (Å²) in [5.41, 5.74) is 2.69. The van der Waals surface area contributed by atoms with Crippen molar-refractivity contribution in [2.75, 3.05) is 6.54 Å². The molecule has 0 bridgehead atoms. The summed E-state index contributed by atoms with van der Waals surface area (Å²) in [6.07, 6.45) is 6.37. The SMILES string of the molecule is C=C=CCCCNC(=O)CCCCC(C)=O. The van der Waals surface area contributed by atoms with Crippen LogP contribution in [0.5, 0.6) is 0 Å². The number of carbonyl (C=O) groups is 2. The Kier molecular flexibility index (Phi) is 9.33. The second-order valence-electron chi connectivity index (χ2n) is 3.81. The van der Waals surface area contributed by atoms with Gasteiger partial charge in [-0.3, -0.25) is 4.79 Å². The summed E-state index contributed by atoms with van der Waals surface area (Å²) >= 11 is 0. The Bertz CT molecular complexity index is 253. The fraction of sp³-hybridized carbons (Fsp3) is 0.615. The number of rotatable bonds is 9. The molecule has 0 aliphatic carbocycles. The Hall–Kier alpha value is -1.34. The number of nitrogens with one attached hydrogen (secondary N) is 1. The number of amides is 1. The quantitative estimate of drug-likeness (QED) is 0.482. The molecule has 1 N–H and O–H groups in total. The summed E-state index contributed by atoms with van der Waals surface area (Å²) in [6, 6.07) is 0. The lowest BCUT2D eigenvalue weighted by Gasteiger charge is -2.03. The van der Waals surface area contributed by atoms with E-state index in [1.54, 1.807) is 6.92 Å². The van der Waals surface area contributed by atoms with Gasteiger partial charge in [-0.15, -0.1) is 5.73 Å². The molecule has 0 aromatic carbocycles. The van der Waals surface area contributed by atoms with Crippen LogP contribution in [0.15, 0.2) is 18.4 Å². The first kappa shape index (κ1) is 14.7. The van der Waals surface area contributed by atoms with E-state index in [0.717, 1.165) is 25.7 Å². The Morgan fingerprint density at radius 2 is 1.94 bits per heavy atom. The Morgan fingerprint density at radius 1 is 1.25 bits per heavy atom. The van der Waals surface area contributed by atoms with Crippen LogP contribution >= 0.6 is 0 Å². The highest BCUT2D eigenvalue weighted by molar-refractivity contribution is 5.76. The van der Waals surface area contributed by atoms with E-state index >= 15 is 0 Å². The van der Waals surface area contributed by atoms with Crippen molar-refractivity contribution in [3.63, 3.8) is 0 Å².